The molecule has 2 aliphatic rings. The minimum absolute atomic E-state index is 0.0398. The molecule has 4 atom stereocenters. The lowest BCUT2D eigenvalue weighted by atomic mass is 10.0. The van der Waals surface area contributed by atoms with Crippen molar-refractivity contribution in [3.05, 3.63) is 59.8 Å². The molecule has 1 aromatic rings. The van der Waals surface area contributed by atoms with Crippen molar-refractivity contribution < 1.29 is 27.8 Å². The van der Waals surface area contributed by atoms with Crippen LogP contribution in [0.2, 0.25) is 0 Å². The maximum atomic E-state index is 13.5. The fraction of sp³-hybridized carbons (Fsp3) is 0.560. The number of nitrogens with one attached hydrogen (secondary N) is 1. The largest absolute Gasteiger partial charge is 0.444 e. The third kappa shape index (κ3) is 8.06. The van der Waals surface area contributed by atoms with Crippen LogP contribution >= 0.6 is 0 Å². The molecule has 3 rings (SSSR count). The van der Waals surface area contributed by atoms with Crippen molar-refractivity contribution in [1.29, 1.82) is 0 Å². The SMILES string of the molecule is CC(C)CN(C[C@@H](O)[C@H](Cc1ccccc1)NC(=O)O[C@H]1CCOC1)S(=O)(=O)C1C=CC(N)=CC1. The van der Waals surface area contributed by atoms with Crippen molar-refractivity contribution in [2.45, 2.75) is 56.6 Å². The Bertz CT molecular complexity index is 990. The van der Waals surface area contributed by atoms with Crippen LogP contribution in [-0.2, 0) is 25.9 Å². The van der Waals surface area contributed by atoms with E-state index in [1.165, 1.54) is 4.31 Å². The number of aliphatic hydroxyl groups excluding tert-OH is 1. The third-order valence-corrected chi connectivity index (χ3v) is 8.15. The number of carbonyl (C=O) groups excluding carboxylic acids is 1. The van der Waals surface area contributed by atoms with Crippen LogP contribution in [0.15, 0.2) is 54.3 Å². The number of hydrogen-bond donors (Lipinski definition) is 3. The number of sulfonamides is 1. The minimum Gasteiger partial charge on any atom is -0.444 e. The average molecular weight is 508 g/mol. The lowest BCUT2D eigenvalue weighted by Crippen LogP contribution is -2.52. The highest BCUT2D eigenvalue weighted by Crippen LogP contribution is 2.21. The maximum Gasteiger partial charge on any atom is 0.407 e. The van der Waals surface area contributed by atoms with Crippen molar-refractivity contribution >= 4 is 16.1 Å². The molecule has 0 aromatic heterocycles. The highest BCUT2D eigenvalue weighted by Gasteiger charge is 2.35. The van der Waals surface area contributed by atoms with E-state index in [2.05, 4.69) is 5.32 Å². The van der Waals surface area contributed by atoms with Crippen LogP contribution in [0.25, 0.3) is 0 Å². The van der Waals surface area contributed by atoms with Crippen LogP contribution in [0.1, 0.15) is 32.3 Å². The van der Waals surface area contributed by atoms with E-state index in [0.29, 0.717) is 31.8 Å². The van der Waals surface area contributed by atoms with E-state index >= 15 is 0 Å². The highest BCUT2D eigenvalue weighted by atomic mass is 32.2. The molecule has 1 aliphatic carbocycles. The molecular formula is C25H37N3O6S. The van der Waals surface area contributed by atoms with Crippen molar-refractivity contribution in [3.8, 4) is 0 Å². The number of carbonyl (C=O) groups is 1. The Morgan fingerprint density at radius 1 is 1.29 bits per heavy atom. The molecule has 0 radical (unpaired) electrons. The summed E-state index contributed by atoms with van der Waals surface area (Å²) in [6.07, 6.45) is 3.93. The summed E-state index contributed by atoms with van der Waals surface area (Å²) in [4.78, 5) is 12.6. The third-order valence-electron chi connectivity index (χ3n) is 6.02. The predicted octanol–water partition coefficient (Wildman–Crippen LogP) is 1.93. The van der Waals surface area contributed by atoms with Gasteiger partial charge in [-0.3, -0.25) is 0 Å². The first-order chi connectivity index (χ1) is 16.6. The molecule has 1 fully saturated rings. The van der Waals surface area contributed by atoms with Crippen LogP contribution in [-0.4, -0.2) is 73.7 Å². The predicted molar refractivity (Wildman–Crippen MR) is 134 cm³/mol. The maximum absolute atomic E-state index is 13.5. The number of aliphatic hydroxyl groups is 1. The summed E-state index contributed by atoms with van der Waals surface area (Å²) < 4.78 is 38.9. The first-order valence-corrected chi connectivity index (χ1v) is 13.5. The van der Waals surface area contributed by atoms with Crippen LogP contribution in [0.4, 0.5) is 4.79 Å². The first kappa shape index (κ1) is 27.2. The molecule has 10 heteroatoms. The summed E-state index contributed by atoms with van der Waals surface area (Å²) in [7, 11) is -3.77. The van der Waals surface area contributed by atoms with Gasteiger partial charge in [0.2, 0.25) is 10.0 Å². The molecule has 194 valence electrons. The summed E-state index contributed by atoms with van der Waals surface area (Å²) in [5, 5.41) is 13.2. The van der Waals surface area contributed by atoms with E-state index in [1.54, 1.807) is 18.2 Å². The Kier molecular flexibility index (Phi) is 9.73. The number of hydrogen-bond acceptors (Lipinski definition) is 7. The lowest BCUT2D eigenvalue weighted by molar-refractivity contribution is 0.0643. The second-order valence-corrected chi connectivity index (χ2v) is 11.6. The Morgan fingerprint density at radius 2 is 2.03 bits per heavy atom. The topological polar surface area (TPSA) is 131 Å². The molecule has 1 aromatic carbocycles. The van der Waals surface area contributed by atoms with Gasteiger partial charge in [0.05, 0.1) is 30.6 Å². The molecule has 1 heterocycles. The van der Waals surface area contributed by atoms with E-state index in [0.717, 1.165) is 5.56 Å². The smallest absolute Gasteiger partial charge is 0.407 e. The number of alkyl carbamates (subject to hydrolysis) is 1. The normalized spacial score (nSPS) is 22.1. The minimum atomic E-state index is -3.77. The van der Waals surface area contributed by atoms with Gasteiger partial charge in [-0.2, -0.15) is 4.31 Å². The molecule has 1 saturated heterocycles. The number of allylic oxidation sites excluding steroid dienone is 2. The summed E-state index contributed by atoms with van der Waals surface area (Å²) in [5.74, 6) is 0.0398. The van der Waals surface area contributed by atoms with E-state index < -0.39 is 33.5 Å². The van der Waals surface area contributed by atoms with Gasteiger partial charge in [-0.15, -0.1) is 0 Å². The monoisotopic (exact) mass is 507 g/mol. The van der Waals surface area contributed by atoms with Gasteiger partial charge in [-0.25, -0.2) is 13.2 Å². The molecule has 9 nitrogen and oxygen atoms in total. The standard InChI is InChI=1S/C25H37N3O6S/c1-18(2)15-28(35(31,32)22-10-8-20(26)9-11-22)16-24(29)23(14-19-6-4-3-5-7-19)27-25(30)34-21-12-13-33-17-21/h3-10,18,21-24,29H,11-17,26H2,1-2H3,(H,27,30)/t21-,22?,23-,24+/m0/s1. The fourth-order valence-corrected chi connectivity index (χ4v) is 6.01. The van der Waals surface area contributed by atoms with Crippen LogP contribution in [0.3, 0.4) is 0 Å². The highest BCUT2D eigenvalue weighted by molar-refractivity contribution is 7.89. The first-order valence-electron chi connectivity index (χ1n) is 12.0. The van der Waals surface area contributed by atoms with E-state index in [-0.39, 0.29) is 31.5 Å². The van der Waals surface area contributed by atoms with E-state index in [9.17, 15) is 18.3 Å². The zero-order valence-corrected chi connectivity index (χ0v) is 21.2. The van der Waals surface area contributed by atoms with Gasteiger partial charge in [-0.05, 0) is 30.4 Å². The number of rotatable bonds is 11. The number of benzene rings is 1. The van der Waals surface area contributed by atoms with Crippen LogP contribution in [0, 0.1) is 5.92 Å². The molecule has 0 bridgehead atoms. The molecule has 0 spiro atoms. The molecule has 0 saturated carbocycles. The van der Waals surface area contributed by atoms with E-state index in [1.807, 2.05) is 44.2 Å². The van der Waals surface area contributed by atoms with Gasteiger partial charge in [0.1, 0.15) is 6.10 Å². The molecule has 1 amide bonds. The van der Waals surface area contributed by atoms with Crippen molar-refractivity contribution in [3.63, 3.8) is 0 Å². The number of nitrogens with zero attached hydrogens (tertiary/aromatic N) is 1. The Labute approximate surface area is 208 Å². The number of ether oxygens (including phenoxy) is 2. The molecule has 4 N–H and O–H groups in total. The van der Waals surface area contributed by atoms with E-state index in [4.69, 9.17) is 15.2 Å². The Balaban J connectivity index is 1.76. The number of nitrogens with two attached hydrogens (primary N) is 1. The molecule has 35 heavy (non-hydrogen) atoms. The van der Waals surface area contributed by atoms with Crippen molar-refractivity contribution in [1.82, 2.24) is 9.62 Å². The molecular weight excluding hydrogens is 470 g/mol. The molecule has 1 unspecified atom stereocenters. The second kappa shape index (κ2) is 12.5. The Morgan fingerprint density at radius 3 is 2.63 bits per heavy atom. The van der Waals surface area contributed by atoms with Gasteiger partial charge in [0.15, 0.2) is 0 Å². The van der Waals surface area contributed by atoms with Crippen molar-refractivity contribution in [2.75, 3.05) is 26.3 Å². The van der Waals surface area contributed by atoms with Gasteiger partial charge in [-0.1, -0.05) is 56.3 Å². The number of amides is 1. The second-order valence-electron chi connectivity index (χ2n) is 9.49. The Hall–Kier alpha value is -2.40. The van der Waals surface area contributed by atoms with Crippen LogP contribution in [0.5, 0.6) is 0 Å². The summed E-state index contributed by atoms with van der Waals surface area (Å²) in [6, 6.07) is 8.66. The molecule has 1 aliphatic heterocycles. The van der Waals surface area contributed by atoms with Gasteiger partial charge < -0.3 is 25.6 Å². The van der Waals surface area contributed by atoms with Crippen LogP contribution < -0.4 is 11.1 Å². The quantitative estimate of drug-likeness (QED) is 0.417. The average Bonchev–Trinajstić information content (AvgIpc) is 3.31. The zero-order chi connectivity index (χ0) is 25.4. The van der Waals surface area contributed by atoms with Gasteiger partial charge in [0.25, 0.3) is 0 Å². The summed E-state index contributed by atoms with van der Waals surface area (Å²) in [6.45, 7) is 4.80. The van der Waals surface area contributed by atoms with Gasteiger partial charge >= 0.3 is 6.09 Å². The summed E-state index contributed by atoms with van der Waals surface area (Å²) >= 11 is 0. The lowest BCUT2D eigenvalue weighted by Gasteiger charge is -2.32. The fourth-order valence-electron chi connectivity index (χ4n) is 4.15. The zero-order valence-electron chi connectivity index (χ0n) is 20.4. The van der Waals surface area contributed by atoms with Gasteiger partial charge in [0, 0.05) is 25.2 Å². The van der Waals surface area contributed by atoms with Crippen molar-refractivity contribution in [2.24, 2.45) is 11.7 Å². The summed E-state index contributed by atoms with van der Waals surface area (Å²) in [5.41, 5.74) is 7.19.